The Morgan fingerprint density at radius 3 is 2.62 bits per heavy atom. The van der Waals surface area contributed by atoms with Crippen molar-refractivity contribution in [2.24, 2.45) is 0 Å². The lowest BCUT2D eigenvalue weighted by molar-refractivity contribution is 0.0878. The Kier molecular flexibility index (Phi) is 2.72. The molecule has 1 aromatic carbocycles. The topological polar surface area (TPSA) is 130 Å². The highest BCUT2D eigenvalue weighted by atomic mass is 16.2. The molecule has 0 atom stereocenters. The molecular weight excluding hydrogens is 274 g/mol. The number of anilines is 2. The van der Waals surface area contributed by atoms with Gasteiger partial charge in [-0.15, -0.1) is 0 Å². The second-order valence-electron chi connectivity index (χ2n) is 4.61. The fourth-order valence-electron chi connectivity index (χ4n) is 2.05. The minimum atomic E-state index is -0.499. The maximum absolute atomic E-state index is 12.1. The number of fused-ring (bicyclic) bond motifs is 1. The summed E-state index contributed by atoms with van der Waals surface area (Å²) in [5, 5.41) is 11.2. The van der Waals surface area contributed by atoms with E-state index in [1.54, 1.807) is 6.92 Å². The predicted molar refractivity (Wildman–Crippen MR) is 73.9 cm³/mol. The van der Waals surface area contributed by atoms with E-state index in [2.05, 4.69) is 20.8 Å². The summed E-state index contributed by atoms with van der Waals surface area (Å²) < 4.78 is 0. The van der Waals surface area contributed by atoms with E-state index < -0.39 is 17.7 Å². The zero-order valence-corrected chi connectivity index (χ0v) is 11.0. The molecule has 3 rings (SSSR count). The zero-order valence-electron chi connectivity index (χ0n) is 11.0. The third-order valence-corrected chi connectivity index (χ3v) is 3.20. The Morgan fingerprint density at radius 2 is 1.95 bits per heavy atom. The van der Waals surface area contributed by atoms with Crippen molar-refractivity contribution in [3.63, 3.8) is 0 Å². The number of aromatic amines is 1. The number of nitrogens with one attached hydrogen (secondary N) is 3. The van der Waals surface area contributed by atoms with Gasteiger partial charge in [-0.25, -0.2) is 0 Å². The lowest BCUT2D eigenvalue weighted by Crippen LogP contribution is -2.19. The van der Waals surface area contributed by atoms with Crippen LogP contribution in [0.4, 0.5) is 11.4 Å². The van der Waals surface area contributed by atoms with Crippen LogP contribution < -0.4 is 16.4 Å². The van der Waals surface area contributed by atoms with Gasteiger partial charge in [0.25, 0.3) is 17.7 Å². The number of nitrogens with two attached hydrogens (primary N) is 1. The van der Waals surface area contributed by atoms with Crippen LogP contribution in [-0.4, -0.2) is 27.9 Å². The van der Waals surface area contributed by atoms with Gasteiger partial charge in [-0.1, -0.05) is 0 Å². The number of aryl methyl sites for hydroxylation is 1. The number of hydrogen-bond donors (Lipinski definition) is 4. The number of H-pyrrole nitrogens is 1. The van der Waals surface area contributed by atoms with Gasteiger partial charge >= 0.3 is 0 Å². The number of carbonyl (C=O) groups excluding carboxylic acids is 3. The molecule has 21 heavy (non-hydrogen) atoms. The standard InChI is InChI=1S/C13H11N5O3/c1-5-9(14)10(18-17-5)13(21)15-6-2-3-7-8(4-6)12(20)16-11(7)19/h2-4H,14H2,1H3,(H,15,21)(H,17,18)(H,16,19,20). The number of imide groups is 1. The second kappa shape index (κ2) is 4.44. The second-order valence-corrected chi connectivity index (χ2v) is 4.61. The van der Waals surface area contributed by atoms with Crippen LogP contribution in [0.2, 0.25) is 0 Å². The van der Waals surface area contributed by atoms with Gasteiger partial charge in [0.2, 0.25) is 0 Å². The van der Waals surface area contributed by atoms with E-state index in [0.29, 0.717) is 11.4 Å². The molecule has 2 heterocycles. The fraction of sp³-hybridized carbons (Fsp3) is 0.0769. The first-order valence-corrected chi connectivity index (χ1v) is 6.09. The number of benzene rings is 1. The fourth-order valence-corrected chi connectivity index (χ4v) is 2.05. The molecule has 0 fully saturated rings. The van der Waals surface area contributed by atoms with Crippen molar-refractivity contribution in [1.29, 1.82) is 0 Å². The molecule has 3 amide bonds. The SMILES string of the molecule is Cc1[nH]nc(C(=O)Nc2ccc3c(c2)C(=O)NC3=O)c1N. The van der Waals surface area contributed by atoms with Crippen molar-refractivity contribution in [3.8, 4) is 0 Å². The molecule has 1 aliphatic rings. The van der Waals surface area contributed by atoms with Crippen molar-refractivity contribution in [1.82, 2.24) is 15.5 Å². The molecule has 0 spiro atoms. The molecule has 8 heteroatoms. The lowest BCUT2D eigenvalue weighted by atomic mass is 10.1. The number of aromatic nitrogens is 2. The highest BCUT2D eigenvalue weighted by Crippen LogP contribution is 2.21. The Hall–Kier alpha value is -3.16. The van der Waals surface area contributed by atoms with E-state index >= 15 is 0 Å². The summed E-state index contributed by atoms with van der Waals surface area (Å²) in [6, 6.07) is 4.44. The minimum Gasteiger partial charge on any atom is -0.395 e. The average molecular weight is 285 g/mol. The van der Waals surface area contributed by atoms with Gasteiger partial charge in [-0.3, -0.25) is 24.8 Å². The summed E-state index contributed by atoms with van der Waals surface area (Å²) >= 11 is 0. The van der Waals surface area contributed by atoms with Crippen LogP contribution in [0.25, 0.3) is 0 Å². The van der Waals surface area contributed by atoms with Crippen molar-refractivity contribution in [3.05, 3.63) is 40.7 Å². The first kappa shape index (κ1) is 12.9. The largest absolute Gasteiger partial charge is 0.395 e. The van der Waals surface area contributed by atoms with Crippen molar-refractivity contribution in [2.75, 3.05) is 11.1 Å². The van der Waals surface area contributed by atoms with Crippen LogP contribution in [-0.2, 0) is 0 Å². The Morgan fingerprint density at radius 1 is 1.24 bits per heavy atom. The van der Waals surface area contributed by atoms with E-state index in [4.69, 9.17) is 5.73 Å². The Balaban J connectivity index is 1.88. The third kappa shape index (κ3) is 2.02. The maximum Gasteiger partial charge on any atom is 0.278 e. The summed E-state index contributed by atoms with van der Waals surface area (Å²) in [4.78, 5) is 35.0. The number of nitrogen functional groups attached to an aromatic ring is 1. The van der Waals surface area contributed by atoms with Crippen molar-refractivity contribution < 1.29 is 14.4 Å². The lowest BCUT2D eigenvalue weighted by Gasteiger charge is -2.05. The average Bonchev–Trinajstić information content (AvgIpc) is 2.92. The van der Waals surface area contributed by atoms with E-state index in [1.165, 1.54) is 18.2 Å². The third-order valence-electron chi connectivity index (χ3n) is 3.20. The summed E-state index contributed by atoms with van der Waals surface area (Å²) in [5.41, 5.74) is 7.55. The van der Waals surface area contributed by atoms with Crippen LogP contribution in [0.3, 0.4) is 0 Å². The van der Waals surface area contributed by atoms with Crippen molar-refractivity contribution in [2.45, 2.75) is 6.92 Å². The van der Waals surface area contributed by atoms with Gasteiger partial charge in [0.15, 0.2) is 5.69 Å². The van der Waals surface area contributed by atoms with Gasteiger partial charge in [0.05, 0.1) is 22.5 Å². The summed E-state index contributed by atoms with van der Waals surface area (Å²) in [6.07, 6.45) is 0. The van der Waals surface area contributed by atoms with Crippen LogP contribution in [0, 0.1) is 6.92 Å². The van der Waals surface area contributed by atoms with Crippen LogP contribution >= 0.6 is 0 Å². The van der Waals surface area contributed by atoms with E-state index in [0.717, 1.165) is 0 Å². The predicted octanol–water partition coefficient (Wildman–Crippen LogP) is 0.436. The summed E-state index contributed by atoms with van der Waals surface area (Å²) in [6.45, 7) is 1.70. The molecule has 1 aliphatic heterocycles. The van der Waals surface area contributed by atoms with Gasteiger partial charge in [0.1, 0.15) is 0 Å². The number of hydrogen-bond acceptors (Lipinski definition) is 5. The van der Waals surface area contributed by atoms with Crippen LogP contribution in [0.15, 0.2) is 18.2 Å². The number of nitrogens with zero attached hydrogens (tertiary/aromatic N) is 1. The molecule has 0 radical (unpaired) electrons. The molecule has 106 valence electrons. The minimum absolute atomic E-state index is 0.0773. The van der Waals surface area contributed by atoms with Gasteiger partial charge in [-0.05, 0) is 25.1 Å². The zero-order chi connectivity index (χ0) is 15.1. The highest BCUT2D eigenvalue weighted by Gasteiger charge is 2.27. The molecule has 1 aromatic heterocycles. The number of amides is 3. The molecule has 0 bridgehead atoms. The van der Waals surface area contributed by atoms with E-state index in [9.17, 15) is 14.4 Å². The molecule has 2 aromatic rings. The molecule has 0 unspecified atom stereocenters. The Labute approximate surface area is 118 Å². The van der Waals surface area contributed by atoms with Crippen LogP contribution in [0.1, 0.15) is 36.9 Å². The first-order chi connectivity index (χ1) is 9.97. The van der Waals surface area contributed by atoms with Crippen molar-refractivity contribution >= 4 is 29.1 Å². The normalized spacial score (nSPS) is 13.0. The summed E-state index contributed by atoms with van der Waals surface area (Å²) in [5.74, 6) is -1.43. The number of rotatable bonds is 2. The van der Waals surface area contributed by atoms with Gasteiger partial charge < -0.3 is 11.1 Å². The quantitative estimate of drug-likeness (QED) is 0.595. The smallest absolute Gasteiger partial charge is 0.278 e. The molecule has 0 saturated heterocycles. The van der Waals surface area contributed by atoms with Gasteiger partial charge in [-0.2, -0.15) is 5.10 Å². The molecule has 0 aliphatic carbocycles. The molecule has 5 N–H and O–H groups in total. The Bertz CT molecular complexity index is 793. The molecule has 0 saturated carbocycles. The summed E-state index contributed by atoms with van der Waals surface area (Å²) in [7, 11) is 0. The molecule has 8 nitrogen and oxygen atoms in total. The monoisotopic (exact) mass is 285 g/mol. The first-order valence-electron chi connectivity index (χ1n) is 6.09. The van der Waals surface area contributed by atoms with E-state index in [1.807, 2.05) is 0 Å². The number of carbonyl (C=O) groups is 3. The maximum atomic E-state index is 12.1. The van der Waals surface area contributed by atoms with Gasteiger partial charge in [0, 0.05) is 5.69 Å². The molecular formula is C13H11N5O3. The van der Waals surface area contributed by atoms with E-state index in [-0.39, 0.29) is 22.5 Å². The highest BCUT2D eigenvalue weighted by molar-refractivity contribution is 6.22. The van der Waals surface area contributed by atoms with Crippen LogP contribution in [0.5, 0.6) is 0 Å².